The number of hydrogen-bond donors (Lipinski definition) is 0. The van der Waals surface area contributed by atoms with Crippen molar-refractivity contribution in [3.05, 3.63) is 76.3 Å². The highest BCUT2D eigenvalue weighted by Gasteiger charge is 2.28. The molecule has 0 aliphatic heterocycles. The number of nitro groups is 1. The van der Waals surface area contributed by atoms with E-state index in [0.717, 1.165) is 4.90 Å². The lowest BCUT2D eigenvalue weighted by Gasteiger charge is -2.22. The molecule has 2 aromatic carbocycles. The van der Waals surface area contributed by atoms with E-state index >= 15 is 0 Å². The fraction of sp³-hybridized carbons (Fsp3) is 0.111. The molecule has 8 heteroatoms. The maximum atomic E-state index is 12.7. The minimum atomic E-state index is -0.763. The number of carbonyl (C=O) groups excluding carboxylic acids is 2. The second kappa shape index (κ2) is 8.77. The van der Waals surface area contributed by atoms with Crippen LogP contribution in [0.5, 0.6) is 0 Å². The van der Waals surface area contributed by atoms with Crippen molar-refractivity contribution in [2.45, 2.75) is 6.42 Å². The van der Waals surface area contributed by atoms with E-state index in [1.165, 1.54) is 24.3 Å². The van der Waals surface area contributed by atoms with Crippen LogP contribution in [0.2, 0.25) is 5.02 Å². The van der Waals surface area contributed by atoms with Crippen molar-refractivity contribution in [1.82, 2.24) is 0 Å². The molecule has 0 aromatic heterocycles. The molecule has 2 aromatic rings. The lowest BCUT2D eigenvalue weighted by atomic mass is 10.2. The van der Waals surface area contributed by atoms with Crippen LogP contribution in [0, 0.1) is 10.1 Å². The number of nitro benzene ring substituents is 1. The van der Waals surface area contributed by atoms with Gasteiger partial charge in [0, 0.05) is 16.8 Å². The van der Waals surface area contributed by atoms with Crippen LogP contribution < -0.4 is 4.90 Å². The van der Waals surface area contributed by atoms with Crippen LogP contribution in [0.1, 0.15) is 6.42 Å². The first-order valence-corrected chi connectivity index (χ1v) is 7.90. The highest BCUT2D eigenvalue weighted by molar-refractivity contribution is 6.31. The highest BCUT2D eigenvalue weighted by atomic mass is 35.5. The molecule has 2 rings (SSSR count). The van der Waals surface area contributed by atoms with Gasteiger partial charge in [-0.2, -0.15) is 0 Å². The maximum absolute atomic E-state index is 12.7. The van der Waals surface area contributed by atoms with E-state index in [-0.39, 0.29) is 23.0 Å². The van der Waals surface area contributed by atoms with Crippen molar-refractivity contribution in [3.63, 3.8) is 0 Å². The monoisotopic (exact) mass is 374 g/mol. The zero-order valence-electron chi connectivity index (χ0n) is 13.6. The first-order valence-electron chi connectivity index (χ1n) is 7.52. The summed E-state index contributed by atoms with van der Waals surface area (Å²) < 4.78 is 4.82. The van der Waals surface area contributed by atoms with Gasteiger partial charge in [0.25, 0.3) is 5.69 Å². The average molecular weight is 375 g/mol. The maximum Gasteiger partial charge on any atom is 0.315 e. The molecule has 0 heterocycles. The number of halogens is 1. The van der Waals surface area contributed by atoms with Crippen LogP contribution in [0.15, 0.2) is 61.2 Å². The molecule has 0 saturated carbocycles. The van der Waals surface area contributed by atoms with Crippen molar-refractivity contribution in [2.75, 3.05) is 11.5 Å². The zero-order valence-corrected chi connectivity index (χ0v) is 14.4. The average Bonchev–Trinajstić information content (AvgIpc) is 2.61. The number of nitrogens with zero attached hydrogens (tertiary/aromatic N) is 2. The topological polar surface area (TPSA) is 89.8 Å². The van der Waals surface area contributed by atoms with E-state index in [4.69, 9.17) is 16.3 Å². The van der Waals surface area contributed by atoms with Crippen LogP contribution in [0.3, 0.4) is 0 Å². The molecule has 7 nitrogen and oxygen atoms in total. The highest BCUT2D eigenvalue weighted by Crippen LogP contribution is 2.36. The Morgan fingerprint density at radius 1 is 1.23 bits per heavy atom. The number of ether oxygens (including phenoxy) is 1. The van der Waals surface area contributed by atoms with Gasteiger partial charge in [-0.05, 0) is 24.3 Å². The Morgan fingerprint density at radius 2 is 1.92 bits per heavy atom. The molecule has 134 valence electrons. The Bertz CT molecular complexity index is 839. The Labute approximate surface area is 154 Å². The van der Waals surface area contributed by atoms with E-state index in [1.807, 2.05) is 0 Å². The summed E-state index contributed by atoms with van der Waals surface area (Å²) in [5.41, 5.74) is 0.0145. The smallest absolute Gasteiger partial charge is 0.315 e. The van der Waals surface area contributed by atoms with Crippen molar-refractivity contribution in [1.29, 1.82) is 0 Å². The summed E-state index contributed by atoms with van der Waals surface area (Å²) in [6.07, 6.45) is 0.783. The number of rotatable bonds is 7. The summed E-state index contributed by atoms with van der Waals surface area (Å²) in [6.45, 7) is 3.39. The predicted molar refractivity (Wildman–Crippen MR) is 97.5 cm³/mol. The SMILES string of the molecule is C=CCOC(=O)CC(=O)N(c1ccccc1)c1cc(Cl)ccc1[N+](=O)[O-]. The van der Waals surface area contributed by atoms with E-state index in [9.17, 15) is 19.7 Å². The number of anilines is 2. The molecule has 0 saturated heterocycles. The molecule has 0 bridgehead atoms. The van der Waals surface area contributed by atoms with Crippen LogP contribution in [0.4, 0.5) is 17.1 Å². The number of benzene rings is 2. The first-order chi connectivity index (χ1) is 12.4. The molecular weight excluding hydrogens is 360 g/mol. The second-order valence-electron chi connectivity index (χ2n) is 5.10. The summed E-state index contributed by atoms with van der Waals surface area (Å²) in [5.74, 6) is -1.45. The molecule has 0 aliphatic rings. The molecule has 0 unspecified atom stereocenters. The van der Waals surface area contributed by atoms with Gasteiger partial charge in [0.15, 0.2) is 0 Å². The van der Waals surface area contributed by atoms with Crippen molar-refractivity contribution in [2.24, 2.45) is 0 Å². The fourth-order valence-electron chi connectivity index (χ4n) is 2.23. The molecular formula is C18H15ClN2O5. The van der Waals surface area contributed by atoms with E-state index < -0.39 is 23.2 Å². The number of para-hydroxylation sites is 1. The van der Waals surface area contributed by atoms with Gasteiger partial charge in [0.05, 0.1) is 4.92 Å². The third kappa shape index (κ3) is 4.67. The van der Waals surface area contributed by atoms with Gasteiger partial charge < -0.3 is 4.74 Å². The summed E-state index contributed by atoms with van der Waals surface area (Å²) in [5, 5.41) is 11.6. The molecule has 0 spiro atoms. The second-order valence-corrected chi connectivity index (χ2v) is 5.54. The number of hydrogen-bond acceptors (Lipinski definition) is 5. The van der Waals surface area contributed by atoms with Gasteiger partial charge in [-0.25, -0.2) is 0 Å². The molecule has 0 radical (unpaired) electrons. The summed E-state index contributed by atoms with van der Waals surface area (Å²) in [4.78, 5) is 36.4. The van der Waals surface area contributed by atoms with Crippen LogP contribution in [0.25, 0.3) is 0 Å². The lowest BCUT2D eigenvalue weighted by molar-refractivity contribution is -0.384. The van der Waals surface area contributed by atoms with Crippen molar-refractivity contribution < 1.29 is 19.2 Å². The summed E-state index contributed by atoms with van der Waals surface area (Å²) >= 11 is 5.97. The summed E-state index contributed by atoms with van der Waals surface area (Å²) in [6, 6.07) is 12.1. The molecule has 0 aliphatic carbocycles. The van der Waals surface area contributed by atoms with Gasteiger partial charge in [-0.15, -0.1) is 0 Å². The van der Waals surface area contributed by atoms with E-state index in [0.29, 0.717) is 5.69 Å². The van der Waals surface area contributed by atoms with Crippen LogP contribution >= 0.6 is 11.6 Å². The summed E-state index contributed by atoms with van der Waals surface area (Å²) in [7, 11) is 0. The quantitative estimate of drug-likeness (QED) is 0.240. The van der Waals surface area contributed by atoms with Crippen molar-refractivity contribution in [3.8, 4) is 0 Å². The van der Waals surface area contributed by atoms with Gasteiger partial charge in [-0.1, -0.05) is 42.5 Å². The number of carbonyl (C=O) groups is 2. The molecule has 0 fully saturated rings. The molecule has 0 N–H and O–H groups in total. The third-order valence-electron chi connectivity index (χ3n) is 3.30. The zero-order chi connectivity index (χ0) is 19.1. The van der Waals surface area contributed by atoms with Gasteiger partial charge in [-0.3, -0.25) is 24.6 Å². The molecule has 0 atom stereocenters. The van der Waals surface area contributed by atoms with Gasteiger partial charge in [0.2, 0.25) is 5.91 Å². The number of amides is 1. The minimum absolute atomic E-state index is 0.0322. The number of esters is 1. The van der Waals surface area contributed by atoms with Gasteiger partial charge >= 0.3 is 5.97 Å². The van der Waals surface area contributed by atoms with Crippen LogP contribution in [-0.4, -0.2) is 23.4 Å². The Morgan fingerprint density at radius 3 is 2.54 bits per heavy atom. The van der Waals surface area contributed by atoms with E-state index in [1.54, 1.807) is 30.3 Å². The Kier molecular flexibility index (Phi) is 6.46. The van der Waals surface area contributed by atoms with Gasteiger partial charge in [0.1, 0.15) is 18.7 Å². The standard InChI is InChI=1S/C18H15ClN2O5/c1-2-10-26-18(23)12-17(22)20(14-6-4-3-5-7-14)16-11-13(19)8-9-15(16)21(24)25/h2-9,11H,1,10,12H2. The first kappa shape index (κ1) is 19.1. The predicted octanol–water partition coefficient (Wildman–Crippen LogP) is 4.03. The normalized spacial score (nSPS) is 10.0. The molecule has 26 heavy (non-hydrogen) atoms. The van der Waals surface area contributed by atoms with Crippen LogP contribution in [-0.2, 0) is 14.3 Å². The third-order valence-corrected chi connectivity index (χ3v) is 3.53. The Balaban J connectivity index is 2.48. The largest absolute Gasteiger partial charge is 0.461 e. The molecule has 1 amide bonds. The van der Waals surface area contributed by atoms with Crippen molar-refractivity contribution >= 4 is 40.5 Å². The fourth-order valence-corrected chi connectivity index (χ4v) is 2.40. The lowest BCUT2D eigenvalue weighted by Crippen LogP contribution is -2.29. The van der Waals surface area contributed by atoms with E-state index in [2.05, 4.69) is 6.58 Å². The Hall–Kier alpha value is -3.19. The minimum Gasteiger partial charge on any atom is -0.461 e.